The summed E-state index contributed by atoms with van der Waals surface area (Å²) in [4.78, 5) is 0. The smallest absolute Gasteiger partial charge is 0.0207 e. The van der Waals surface area contributed by atoms with Gasteiger partial charge in [0.25, 0.3) is 0 Å². The van der Waals surface area contributed by atoms with E-state index in [1.807, 2.05) is 0 Å². The van der Waals surface area contributed by atoms with Crippen molar-refractivity contribution in [3.8, 4) is 0 Å². The summed E-state index contributed by atoms with van der Waals surface area (Å²) in [7, 11) is 0. The first-order valence-electron chi connectivity index (χ1n) is 6.65. The van der Waals surface area contributed by atoms with Crippen molar-refractivity contribution in [2.75, 3.05) is 5.75 Å². The van der Waals surface area contributed by atoms with Crippen LogP contribution in [0.2, 0.25) is 0 Å². The highest BCUT2D eigenvalue weighted by molar-refractivity contribution is 8.00. The average Bonchev–Trinajstić information content (AvgIpc) is 2.67. The first-order valence-corrected chi connectivity index (χ1v) is 7.70. The van der Waals surface area contributed by atoms with Gasteiger partial charge in [0.05, 0.1) is 0 Å². The van der Waals surface area contributed by atoms with Crippen LogP contribution >= 0.6 is 11.8 Å². The van der Waals surface area contributed by atoms with E-state index in [0.29, 0.717) is 0 Å². The summed E-state index contributed by atoms with van der Waals surface area (Å²) in [6, 6.07) is 1.58. The number of thioether (sulfide) groups is 1. The second-order valence-electron chi connectivity index (χ2n) is 6.00. The maximum atomic E-state index is 3.80. The highest BCUT2D eigenvalue weighted by Crippen LogP contribution is 2.51. The van der Waals surface area contributed by atoms with E-state index in [2.05, 4.69) is 24.0 Å². The van der Waals surface area contributed by atoms with Crippen molar-refractivity contribution in [2.45, 2.75) is 69.2 Å². The summed E-state index contributed by atoms with van der Waals surface area (Å²) in [5.74, 6) is 1.33. The number of fused-ring (bicyclic) bond motifs is 1. The molecule has 2 saturated carbocycles. The summed E-state index contributed by atoms with van der Waals surface area (Å²) in [6.07, 6.45) is 10.6. The van der Waals surface area contributed by atoms with Gasteiger partial charge in [0.2, 0.25) is 0 Å². The number of hydrogen-bond donors (Lipinski definition) is 1. The Morgan fingerprint density at radius 3 is 2.80 bits per heavy atom. The molecule has 0 bridgehead atoms. The number of hydrogen-bond acceptors (Lipinski definition) is 2. The number of rotatable bonds is 0. The van der Waals surface area contributed by atoms with Crippen molar-refractivity contribution in [3.63, 3.8) is 0 Å². The van der Waals surface area contributed by atoms with E-state index in [4.69, 9.17) is 0 Å². The van der Waals surface area contributed by atoms with Crippen LogP contribution in [0, 0.1) is 5.41 Å². The summed E-state index contributed by atoms with van der Waals surface area (Å²) < 4.78 is 0. The SMILES string of the molecule is CC1CSC2CC3(CCCC3)CCC2N1. The Morgan fingerprint density at radius 1 is 1.20 bits per heavy atom. The molecule has 3 fully saturated rings. The fourth-order valence-electron chi connectivity index (χ4n) is 3.95. The summed E-state index contributed by atoms with van der Waals surface area (Å²) in [5, 5.41) is 4.74. The van der Waals surface area contributed by atoms with Crippen molar-refractivity contribution in [1.29, 1.82) is 0 Å². The van der Waals surface area contributed by atoms with Gasteiger partial charge in [0.15, 0.2) is 0 Å². The van der Waals surface area contributed by atoms with E-state index < -0.39 is 0 Å². The fourth-order valence-corrected chi connectivity index (χ4v) is 5.50. The maximum absolute atomic E-state index is 3.80. The van der Waals surface area contributed by atoms with Gasteiger partial charge in [0, 0.05) is 23.1 Å². The normalized spacial score (nSPS) is 44.2. The molecular formula is C13H23NS. The quantitative estimate of drug-likeness (QED) is 0.679. The molecule has 3 unspecified atom stereocenters. The number of nitrogens with one attached hydrogen (secondary N) is 1. The van der Waals surface area contributed by atoms with E-state index in [0.717, 1.165) is 22.7 Å². The van der Waals surface area contributed by atoms with Gasteiger partial charge >= 0.3 is 0 Å². The minimum absolute atomic E-state index is 0.744. The van der Waals surface area contributed by atoms with Crippen LogP contribution in [0.15, 0.2) is 0 Å². The highest BCUT2D eigenvalue weighted by Gasteiger charge is 2.43. The van der Waals surface area contributed by atoms with Gasteiger partial charge in [-0.2, -0.15) is 11.8 Å². The maximum Gasteiger partial charge on any atom is 0.0207 e. The minimum Gasteiger partial charge on any atom is -0.310 e. The van der Waals surface area contributed by atoms with Crippen LogP contribution < -0.4 is 5.32 Å². The molecule has 3 atom stereocenters. The topological polar surface area (TPSA) is 12.0 Å². The molecule has 15 heavy (non-hydrogen) atoms. The fraction of sp³-hybridized carbons (Fsp3) is 1.00. The first kappa shape index (κ1) is 10.5. The van der Waals surface area contributed by atoms with Crippen molar-refractivity contribution in [2.24, 2.45) is 5.41 Å². The lowest BCUT2D eigenvalue weighted by Gasteiger charge is -2.46. The molecule has 1 nitrogen and oxygen atoms in total. The van der Waals surface area contributed by atoms with Crippen LogP contribution in [-0.2, 0) is 0 Å². The van der Waals surface area contributed by atoms with Crippen molar-refractivity contribution < 1.29 is 0 Å². The van der Waals surface area contributed by atoms with Crippen molar-refractivity contribution in [1.82, 2.24) is 5.32 Å². The van der Waals surface area contributed by atoms with Gasteiger partial charge in [-0.1, -0.05) is 12.8 Å². The van der Waals surface area contributed by atoms with Crippen molar-refractivity contribution >= 4 is 11.8 Å². The molecule has 1 N–H and O–H groups in total. The van der Waals surface area contributed by atoms with Gasteiger partial charge < -0.3 is 5.32 Å². The third kappa shape index (κ3) is 1.95. The van der Waals surface area contributed by atoms with Gasteiger partial charge in [-0.3, -0.25) is 0 Å². The zero-order chi connectivity index (χ0) is 10.3. The zero-order valence-corrected chi connectivity index (χ0v) is 10.6. The highest BCUT2D eigenvalue weighted by atomic mass is 32.2. The molecule has 2 heteroatoms. The lowest BCUT2D eigenvalue weighted by atomic mass is 9.71. The third-order valence-corrected chi connectivity index (χ3v) is 6.41. The molecular weight excluding hydrogens is 202 g/mol. The van der Waals surface area contributed by atoms with E-state index in [9.17, 15) is 0 Å². The Labute approximate surface area is 97.8 Å². The van der Waals surface area contributed by atoms with Gasteiger partial charge in [-0.05, 0) is 44.4 Å². The van der Waals surface area contributed by atoms with Crippen LogP contribution in [0.1, 0.15) is 51.9 Å². The standard InChI is InChI=1S/C13H23NS/c1-10-9-15-12-8-13(5-2-3-6-13)7-4-11(12)14-10/h10-12,14H,2-9H2,1H3. The summed E-state index contributed by atoms with van der Waals surface area (Å²) in [6.45, 7) is 2.34. The third-order valence-electron chi connectivity index (χ3n) is 4.79. The Hall–Kier alpha value is 0.310. The molecule has 3 rings (SSSR count). The molecule has 0 amide bonds. The Bertz CT molecular complexity index is 235. The first-order chi connectivity index (χ1) is 7.27. The van der Waals surface area contributed by atoms with Crippen LogP contribution in [-0.4, -0.2) is 23.1 Å². The van der Waals surface area contributed by atoms with E-state index in [1.165, 1.54) is 50.7 Å². The van der Waals surface area contributed by atoms with Crippen LogP contribution in [0.5, 0.6) is 0 Å². The molecule has 1 aliphatic heterocycles. The largest absolute Gasteiger partial charge is 0.310 e. The molecule has 0 aromatic rings. The second kappa shape index (κ2) is 3.96. The summed E-state index contributed by atoms with van der Waals surface area (Å²) >= 11 is 2.25. The van der Waals surface area contributed by atoms with Crippen LogP contribution in [0.4, 0.5) is 0 Å². The summed E-state index contributed by atoms with van der Waals surface area (Å²) in [5.41, 5.74) is 0.788. The molecule has 1 saturated heterocycles. The van der Waals surface area contributed by atoms with Crippen molar-refractivity contribution in [3.05, 3.63) is 0 Å². The Balaban J connectivity index is 1.68. The van der Waals surface area contributed by atoms with E-state index >= 15 is 0 Å². The van der Waals surface area contributed by atoms with Crippen LogP contribution in [0.25, 0.3) is 0 Å². The molecule has 0 radical (unpaired) electrons. The Kier molecular flexibility index (Phi) is 2.76. The minimum atomic E-state index is 0.744. The second-order valence-corrected chi connectivity index (χ2v) is 7.27. The molecule has 0 aromatic heterocycles. The average molecular weight is 225 g/mol. The predicted octanol–water partition coefficient (Wildman–Crippen LogP) is 3.19. The van der Waals surface area contributed by atoms with Gasteiger partial charge in [-0.15, -0.1) is 0 Å². The zero-order valence-electron chi connectivity index (χ0n) is 9.80. The van der Waals surface area contributed by atoms with Gasteiger partial charge in [0.1, 0.15) is 0 Å². The Morgan fingerprint density at radius 2 is 2.00 bits per heavy atom. The van der Waals surface area contributed by atoms with Crippen LogP contribution in [0.3, 0.4) is 0 Å². The van der Waals surface area contributed by atoms with E-state index in [-0.39, 0.29) is 0 Å². The molecule has 2 aliphatic carbocycles. The lowest BCUT2D eigenvalue weighted by molar-refractivity contribution is 0.168. The predicted molar refractivity (Wildman–Crippen MR) is 67.4 cm³/mol. The molecule has 1 heterocycles. The molecule has 0 aromatic carbocycles. The monoisotopic (exact) mass is 225 g/mol. The molecule has 86 valence electrons. The molecule has 1 spiro atoms. The van der Waals surface area contributed by atoms with E-state index in [1.54, 1.807) is 0 Å². The van der Waals surface area contributed by atoms with Gasteiger partial charge in [-0.25, -0.2) is 0 Å². The molecule has 3 aliphatic rings. The lowest BCUT2D eigenvalue weighted by Crippen LogP contribution is -2.53.